The number of ether oxygens (including phenoxy) is 2. The molecule has 46 heavy (non-hydrogen) atoms. The monoisotopic (exact) mass is 622 g/mol. The number of esters is 3. The van der Waals surface area contributed by atoms with Crippen molar-refractivity contribution in [3.05, 3.63) is 81.2 Å². The highest BCUT2D eigenvalue weighted by Gasteiger charge is 2.38. The Bertz CT molecular complexity index is 2040. The number of hydrogen-bond acceptors (Lipinski definition) is 8. The number of carbonyl (C=O) groups is 4. The lowest BCUT2D eigenvalue weighted by molar-refractivity contribution is -0.140. The maximum Gasteiger partial charge on any atom is 0.349 e. The van der Waals surface area contributed by atoms with E-state index in [1.165, 1.54) is 13.2 Å². The van der Waals surface area contributed by atoms with Crippen molar-refractivity contribution in [2.75, 3.05) is 7.11 Å². The Balaban J connectivity index is 1.76. The lowest BCUT2D eigenvalue weighted by atomic mass is 9.85. The number of nitrogens with one attached hydrogen (secondary N) is 2. The first-order valence-electron chi connectivity index (χ1n) is 15.2. The lowest BCUT2D eigenvalue weighted by Gasteiger charge is -2.19. The Kier molecular flexibility index (Phi) is 7.71. The predicted octanol–water partition coefficient (Wildman–Crippen LogP) is 6.41. The summed E-state index contributed by atoms with van der Waals surface area (Å²) >= 11 is 0. The zero-order valence-electron chi connectivity index (χ0n) is 26.5. The van der Waals surface area contributed by atoms with Gasteiger partial charge in [0.05, 0.1) is 41.0 Å². The second-order valence-corrected chi connectivity index (χ2v) is 11.8. The van der Waals surface area contributed by atoms with Crippen LogP contribution >= 0.6 is 0 Å². The summed E-state index contributed by atoms with van der Waals surface area (Å²) in [4.78, 5) is 67.0. The minimum absolute atomic E-state index is 0.113. The number of carbonyl (C=O) groups excluding carboxylic acids is 3. The number of methoxy groups -OCH3 is 1. The van der Waals surface area contributed by atoms with Crippen molar-refractivity contribution in [1.82, 2.24) is 19.9 Å². The summed E-state index contributed by atoms with van der Waals surface area (Å²) < 4.78 is 10.2. The fourth-order valence-electron chi connectivity index (χ4n) is 6.71. The molecule has 0 saturated carbocycles. The highest BCUT2D eigenvalue weighted by molar-refractivity contribution is 6.18. The Morgan fingerprint density at radius 1 is 0.978 bits per heavy atom. The second-order valence-electron chi connectivity index (χ2n) is 11.8. The number of aryl methyl sites for hydroxylation is 1. The highest BCUT2D eigenvalue weighted by Crippen LogP contribution is 2.44. The molecule has 11 nitrogen and oxygen atoms in total. The van der Waals surface area contributed by atoms with Gasteiger partial charge in [-0.1, -0.05) is 13.8 Å². The maximum absolute atomic E-state index is 13.5. The highest BCUT2D eigenvalue weighted by atomic mass is 16.6. The number of aromatic amines is 2. The van der Waals surface area contributed by atoms with E-state index < -0.39 is 17.9 Å². The molecule has 2 atom stereocenters. The number of rotatable bonds is 6. The molecule has 0 spiro atoms. The third-order valence-corrected chi connectivity index (χ3v) is 9.32. The molecule has 0 aromatic carbocycles. The van der Waals surface area contributed by atoms with Gasteiger partial charge in [-0.2, -0.15) is 0 Å². The number of H-pyrrole nitrogens is 2. The fraction of sp³-hybridized carbons (Fsp3) is 0.314. The zero-order valence-corrected chi connectivity index (χ0v) is 26.5. The SMILES string of the molecule is CCC1=C(C)c2cc3nc(cc4[nH]c(c5c6[nH]c(cc1n2)c(C)c6C(=O)OC5=O)[C@@H](CCC(=O)OC)[C@@H]4C)C(C)=C3/C=C\C(=O)O. The van der Waals surface area contributed by atoms with Gasteiger partial charge in [0.1, 0.15) is 5.56 Å². The molecule has 2 aromatic heterocycles. The maximum atomic E-state index is 13.5. The van der Waals surface area contributed by atoms with E-state index in [0.29, 0.717) is 63.5 Å². The molecule has 0 fully saturated rings. The molecule has 6 heterocycles. The third-order valence-electron chi connectivity index (χ3n) is 9.32. The van der Waals surface area contributed by atoms with Crippen molar-refractivity contribution in [1.29, 1.82) is 0 Å². The number of carboxylic acids is 1. The number of allylic oxidation sites excluding steroid dienone is 5. The number of fused-ring (bicyclic) bond motifs is 8. The zero-order chi connectivity index (χ0) is 33.0. The molecule has 0 unspecified atom stereocenters. The Labute approximate surface area is 264 Å². The number of nitrogens with zero attached hydrogens (tertiary/aromatic N) is 2. The summed E-state index contributed by atoms with van der Waals surface area (Å²) in [6.07, 6.45) is 3.79. The molecule has 3 N–H and O–H groups in total. The first kappa shape index (κ1) is 30.7. The molecule has 0 saturated heterocycles. The van der Waals surface area contributed by atoms with Gasteiger partial charge in [0.25, 0.3) is 0 Å². The average molecular weight is 623 g/mol. The van der Waals surface area contributed by atoms with Gasteiger partial charge in [-0.25, -0.2) is 24.4 Å². The van der Waals surface area contributed by atoms with Crippen molar-refractivity contribution >= 4 is 57.2 Å². The first-order chi connectivity index (χ1) is 21.9. The fourth-order valence-corrected chi connectivity index (χ4v) is 6.71. The standard InChI is InChI=1S/C35H34N4O7/c1-7-19-15(2)23-13-27-20(8-10-28(40)41)16(3)22(37-27)12-24-17(4)21(9-11-29(42)45-6)32(38-24)31-33-30(34(43)46-35(31)44)18(5)25(39-33)14-26(19)36-23/h8,10,12-14,17,21,38-39H,7,9,11H2,1-6H3,(H,40,41)/b10-8-,24-12?,26-14?,27-13?,32-31?/t17-,21-/m0/s1. The van der Waals surface area contributed by atoms with Crippen molar-refractivity contribution in [2.45, 2.75) is 65.7 Å². The van der Waals surface area contributed by atoms with Crippen LogP contribution in [-0.2, 0) is 19.1 Å². The summed E-state index contributed by atoms with van der Waals surface area (Å²) in [5, 5.41) is 9.41. The quantitative estimate of drug-likeness (QED) is 0.188. The summed E-state index contributed by atoms with van der Waals surface area (Å²) in [6, 6.07) is 5.62. The Morgan fingerprint density at radius 3 is 2.37 bits per heavy atom. The normalized spacial score (nSPS) is 18.3. The number of hydrogen-bond donors (Lipinski definition) is 3. The topological polar surface area (TPSA) is 164 Å². The van der Waals surface area contributed by atoms with E-state index in [4.69, 9.17) is 19.4 Å². The molecule has 2 aromatic rings. The van der Waals surface area contributed by atoms with Crippen molar-refractivity contribution in [3.8, 4) is 0 Å². The van der Waals surface area contributed by atoms with Gasteiger partial charge >= 0.3 is 23.9 Å². The van der Waals surface area contributed by atoms with E-state index in [1.54, 1.807) is 6.92 Å². The number of cyclic esters (lactones) is 2. The first-order valence-corrected chi connectivity index (χ1v) is 15.2. The van der Waals surface area contributed by atoms with Gasteiger partial charge in [-0.15, -0.1) is 0 Å². The molecule has 8 bridgehead atoms. The van der Waals surface area contributed by atoms with Gasteiger partial charge in [-0.3, -0.25) is 4.79 Å². The van der Waals surface area contributed by atoms with Gasteiger partial charge in [0.2, 0.25) is 0 Å². The molecule has 0 radical (unpaired) electrons. The Morgan fingerprint density at radius 2 is 1.67 bits per heavy atom. The van der Waals surface area contributed by atoms with Crippen LogP contribution in [0.25, 0.3) is 33.3 Å². The molecule has 0 amide bonds. The lowest BCUT2D eigenvalue weighted by Crippen LogP contribution is -2.21. The van der Waals surface area contributed by atoms with E-state index in [-0.39, 0.29) is 35.4 Å². The van der Waals surface area contributed by atoms with Gasteiger partial charge in [0.15, 0.2) is 0 Å². The van der Waals surface area contributed by atoms with Gasteiger partial charge < -0.3 is 24.5 Å². The van der Waals surface area contributed by atoms with Crippen LogP contribution in [0, 0.1) is 6.92 Å². The minimum atomic E-state index is -1.08. The summed E-state index contributed by atoms with van der Waals surface area (Å²) in [7, 11) is 1.33. The van der Waals surface area contributed by atoms with Crippen LogP contribution in [0.1, 0.15) is 119 Å². The van der Waals surface area contributed by atoms with Crippen molar-refractivity contribution < 1.29 is 33.8 Å². The Hall–Kier alpha value is -5.32. The third kappa shape index (κ3) is 5.01. The van der Waals surface area contributed by atoms with E-state index in [0.717, 1.165) is 28.5 Å². The van der Waals surface area contributed by atoms with E-state index in [2.05, 4.69) is 9.97 Å². The average Bonchev–Trinajstić information content (AvgIpc) is 3.68. The molecule has 0 aliphatic carbocycles. The van der Waals surface area contributed by atoms with Crippen LogP contribution in [0.2, 0.25) is 0 Å². The predicted molar refractivity (Wildman–Crippen MR) is 171 cm³/mol. The number of carboxylic acid groups (broad SMARTS) is 1. The minimum Gasteiger partial charge on any atom is -0.478 e. The number of aromatic nitrogens is 4. The van der Waals surface area contributed by atoms with Crippen LogP contribution < -0.4 is 0 Å². The van der Waals surface area contributed by atoms with E-state index >= 15 is 0 Å². The molecular formula is C35H34N4O7. The van der Waals surface area contributed by atoms with Crippen LogP contribution in [0.3, 0.4) is 0 Å². The summed E-state index contributed by atoms with van der Waals surface area (Å²) in [6.45, 7) is 9.68. The molecule has 6 rings (SSSR count). The second kappa shape index (κ2) is 11.6. The summed E-state index contributed by atoms with van der Waals surface area (Å²) in [5.74, 6) is -3.51. The molecule has 4 aliphatic rings. The van der Waals surface area contributed by atoms with Gasteiger partial charge in [-0.05, 0) is 80.2 Å². The van der Waals surface area contributed by atoms with E-state index in [1.807, 2.05) is 45.9 Å². The number of aliphatic carboxylic acids is 1. The summed E-state index contributed by atoms with van der Waals surface area (Å²) in [5.41, 5.74) is 9.29. The van der Waals surface area contributed by atoms with E-state index in [9.17, 15) is 24.3 Å². The molecular weight excluding hydrogens is 588 g/mol. The van der Waals surface area contributed by atoms with Crippen LogP contribution in [0.15, 0.2) is 30.4 Å². The van der Waals surface area contributed by atoms with Crippen molar-refractivity contribution in [3.63, 3.8) is 0 Å². The van der Waals surface area contributed by atoms with Crippen LogP contribution in [-0.4, -0.2) is 56.0 Å². The largest absolute Gasteiger partial charge is 0.478 e. The molecule has 236 valence electrons. The van der Waals surface area contributed by atoms with Crippen molar-refractivity contribution in [2.24, 2.45) is 0 Å². The van der Waals surface area contributed by atoms with Crippen LogP contribution in [0.4, 0.5) is 0 Å². The smallest absolute Gasteiger partial charge is 0.349 e. The molecule has 4 aliphatic heterocycles. The molecule has 11 heteroatoms. The van der Waals surface area contributed by atoms with Crippen LogP contribution in [0.5, 0.6) is 0 Å². The van der Waals surface area contributed by atoms with Gasteiger partial charge in [0, 0.05) is 46.8 Å².